The summed E-state index contributed by atoms with van der Waals surface area (Å²) in [5.74, 6) is 0.250. The average molecular weight is 493 g/mol. The number of hydrogen-bond acceptors (Lipinski definition) is 7. The van der Waals surface area contributed by atoms with Crippen molar-refractivity contribution in [3.63, 3.8) is 0 Å². The fourth-order valence-corrected chi connectivity index (χ4v) is 3.68. The van der Waals surface area contributed by atoms with Gasteiger partial charge in [-0.05, 0) is 38.7 Å². The lowest BCUT2D eigenvalue weighted by Crippen LogP contribution is -2.31. The number of rotatable bonds is 8. The summed E-state index contributed by atoms with van der Waals surface area (Å²) in [5.41, 5.74) is 0.897. The number of benzene rings is 1. The lowest BCUT2D eigenvalue weighted by atomic mass is 10.1. The first kappa shape index (κ1) is 24.8. The Labute approximate surface area is 202 Å². The molecular formula is C22H26Cl2N6O3. The first-order valence-corrected chi connectivity index (χ1v) is 11.1. The van der Waals surface area contributed by atoms with E-state index in [1.165, 1.54) is 19.4 Å². The fourth-order valence-electron chi connectivity index (χ4n) is 3.29. The van der Waals surface area contributed by atoms with E-state index < -0.39 is 0 Å². The zero-order valence-electron chi connectivity index (χ0n) is 18.6. The molecule has 3 rings (SSSR count). The molecule has 1 saturated heterocycles. The molecule has 33 heavy (non-hydrogen) atoms. The van der Waals surface area contributed by atoms with Crippen LogP contribution in [0.2, 0.25) is 10.0 Å². The van der Waals surface area contributed by atoms with E-state index >= 15 is 0 Å². The molecule has 1 aromatic carbocycles. The van der Waals surface area contributed by atoms with Crippen LogP contribution in [0.25, 0.3) is 0 Å². The summed E-state index contributed by atoms with van der Waals surface area (Å²) in [7, 11) is 5.31. The lowest BCUT2D eigenvalue weighted by Gasteiger charge is -2.18. The Kier molecular flexibility index (Phi) is 8.49. The smallest absolute Gasteiger partial charge is 0.253 e. The van der Waals surface area contributed by atoms with Gasteiger partial charge in [0.2, 0.25) is 17.7 Å². The van der Waals surface area contributed by atoms with Gasteiger partial charge in [0.1, 0.15) is 5.02 Å². The zero-order chi connectivity index (χ0) is 24.0. The second-order valence-electron chi connectivity index (χ2n) is 7.78. The van der Waals surface area contributed by atoms with Crippen molar-refractivity contribution in [3.8, 4) is 5.88 Å². The van der Waals surface area contributed by atoms with Crippen LogP contribution in [0.3, 0.4) is 0 Å². The topological polar surface area (TPSA) is 99.7 Å². The van der Waals surface area contributed by atoms with Crippen molar-refractivity contribution in [1.29, 1.82) is 0 Å². The quantitative estimate of drug-likeness (QED) is 0.545. The van der Waals surface area contributed by atoms with Gasteiger partial charge in [-0.1, -0.05) is 29.3 Å². The number of carbonyl (C=O) groups is 2. The van der Waals surface area contributed by atoms with Crippen molar-refractivity contribution in [3.05, 3.63) is 52.2 Å². The zero-order valence-corrected chi connectivity index (χ0v) is 20.2. The van der Waals surface area contributed by atoms with Gasteiger partial charge in [0.15, 0.2) is 0 Å². The molecule has 1 fully saturated rings. The minimum Gasteiger partial charge on any atom is -0.480 e. The van der Waals surface area contributed by atoms with Gasteiger partial charge in [-0.25, -0.2) is 4.98 Å². The van der Waals surface area contributed by atoms with E-state index in [0.717, 1.165) is 6.42 Å². The number of likely N-dealkylation sites (N-methyl/N-ethyl adjacent to an activating group) is 1. The monoisotopic (exact) mass is 492 g/mol. The molecule has 1 aliphatic heterocycles. The number of hydrogen-bond donors (Lipinski definition) is 2. The van der Waals surface area contributed by atoms with Gasteiger partial charge in [0.05, 0.1) is 24.0 Å². The molecule has 2 amide bonds. The number of anilines is 2. The molecule has 9 nitrogen and oxygen atoms in total. The maximum Gasteiger partial charge on any atom is 0.253 e. The predicted molar refractivity (Wildman–Crippen MR) is 129 cm³/mol. The van der Waals surface area contributed by atoms with Crippen LogP contribution in [-0.4, -0.2) is 78.5 Å². The highest BCUT2D eigenvalue weighted by molar-refractivity contribution is 6.34. The number of nitrogens with one attached hydrogen (secondary N) is 2. The van der Waals surface area contributed by atoms with Crippen molar-refractivity contribution >= 4 is 46.7 Å². The van der Waals surface area contributed by atoms with Crippen molar-refractivity contribution in [2.24, 2.45) is 0 Å². The van der Waals surface area contributed by atoms with Crippen LogP contribution in [-0.2, 0) is 4.79 Å². The summed E-state index contributed by atoms with van der Waals surface area (Å²) in [5, 5.41) is 6.55. The molecule has 0 bridgehead atoms. The molecule has 0 saturated carbocycles. The number of halogens is 2. The molecule has 1 aliphatic rings. The van der Waals surface area contributed by atoms with Crippen LogP contribution in [0.15, 0.2) is 36.5 Å². The van der Waals surface area contributed by atoms with Gasteiger partial charge in [-0.15, -0.1) is 0 Å². The Morgan fingerprint density at radius 3 is 2.79 bits per heavy atom. The number of ether oxygens (including phenoxy) is 1. The summed E-state index contributed by atoms with van der Waals surface area (Å²) in [6, 6.07) is 4.84. The third-order valence-corrected chi connectivity index (χ3v) is 5.50. The van der Waals surface area contributed by atoms with E-state index in [4.69, 9.17) is 27.9 Å². The molecule has 1 atom stereocenters. The molecule has 176 valence electrons. The Morgan fingerprint density at radius 1 is 1.30 bits per heavy atom. The second-order valence-corrected chi connectivity index (χ2v) is 8.59. The molecular weight excluding hydrogens is 467 g/mol. The average Bonchev–Trinajstić information content (AvgIpc) is 3.24. The highest BCUT2D eigenvalue weighted by atomic mass is 35.5. The Balaban J connectivity index is 1.58. The van der Waals surface area contributed by atoms with E-state index in [1.54, 1.807) is 29.2 Å². The molecule has 0 aliphatic carbocycles. The number of methoxy groups -OCH3 is 1. The number of nitrogens with zero attached hydrogens (tertiary/aromatic N) is 4. The third kappa shape index (κ3) is 6.80. The number of aromatic nitrogens is 2. The van der Waals surface area contributed by atoms with Crippen LogP contribution in [0.5, 0.6) is 5.88 Å². The van der Waals surface area contributed by atoms with Gasteiger partial charge in [0, 0.05) is 37.3 Å². The van der Waals surface area contributed by atoms with E-state index in [1.807, 2.05) is 19.0 Å². The van der Waals surface area contributed by atoms with Crippen molar-refractivity contribution in [2.75, 3.05) is 51.5 Å². The summed E-state index contributed by atoms with van der Waals surface area (Å²) in [4.78, 5) is 37.0. The van der Waals surface area contributed by atoms with Crippen LogP contribution in [0.4, 0.5) is 11.6 Å². The minimum atomic E-state index is -0.285. The molecule has 11 heteroatoms. The van der Waals surface area contributed by atoms with Gasteiger partial charge in [-0.2, -0.15) is 4.98 Å². The summed E-state index contributed by atoms with van der Waals surface area (Å²) in [6.45, 7) is 1.71. The number of amides is 2. The van der Waals surface area contributed by atoms with Crippen molar-refractivity contribution in [2.45, 2.75) is 12.5 Å². The van der Waals surface area contributed by atoms with E-state index in [2.05, 4.69) is 20.6 Å². The van der Waals surface area contributed by atoms with Gasteiger partial charge >= 0.3 is 0 Å². The fraction of sp³-hybridized carbons (Fsp3) is 0.364. The molecule has 2 aromatic rings. The number of carbonyl (C=O) groups excluding carboxylic acids is 2. The molecule has 2 N–H and O–H groups in total. The normalized spacial score (nSPS) is 15.8. The van der Waals surface area contributed by atoms with E-state index in [9.17, 15) is 9.59 Å². The number of likely N-dealkylation sites (tertiary alicyclic amines) is 1. The summed E-state index contributed by atoms with van der Waals surface area (Å²) in [6.07, 6.45) is 5.41. The highest BCUT2D eigenvalue weighted by Gasteiger charge is 2.28. The Hall–Kier alpha value is -2.88. The molecule has 1 aromatic heterocycles. The molecule has 0 radical (unpaired) electrons. The SMILES string of the molecule is COc1nc(N[C@@H]2CCN(C(=O)c3ccc(NC(=O)/C=C/CN(C)C)c(Cl)c3)C2)ncc1Cl. The van der Waals surface area contributed by atoms with Crippen LogP contribution >= 0.6 is 23.2 Å². The summed E-state index contributed by atoms with van der Waals surface area (Å²) < 4.78 is 5.11. The Morgan fingerprint density at radius 2 is 2.09 bits per heavy atom. The maximum absolute atomic E-state index is 12.9. The van der Waals surface area contributed by atoms with E-state index in [0.29, 0.717) is 46.9 Å². The second kappa shape index (κ2) is 11.3. The van der Waals surface area contributed by atoms with Gasteiger partial charge in [0.25, 0.3) is 5.91 Å². The van der Waals surface area contributed by atoms with Crippen LogP contribution in [0.1, 0.15) is 16.8 Å². The molecule has 2 heterocycles. The van der Waals surface area contributed by atoms with Gasteiger partial charge < -0.3 is 25.2 Å². The van der Waals surface area contributed by atoms with E-state index in [-0.39, 0.29) is 23.7 Å². The standard InChI is InChI=1S/C22H26Cl2N6O3/c1-29(2)9-4-5-19(31)27-18-7-6-14(11-16(18)23)21(32)30-10-8-15(13-30)26-22-25-12-17(24)20(28-22)33-3/h4-7,11-12,15H,8-10,13H2,1-3H3,(H,27,31)(H,25,26,28)/b5-4+/t15-/m1/s1. The van der Waals surface area contributed by atoms with Gasteiger partial charge in [-0.3, -0.25) is 9.59 Å². The van der Waals surface area contributed by atoms with Crippen molar-refractivity contribution < 1.29 is 14.3 Å². The lowest BCUT2D eigenvalue weighted by molar-refractivity contribution is -0.111. The predicted octanol–water partition coefficient (Wildman–Crippen LogP) is 3.17. The summed E-state index contributed by atoms with van der Waals surface area (Å²) >= 11 is 12.3. The largest absolute Gasteiger partial charge is 0.480 e. The minimum absolute atomic E-state index is 0.0113. The maximum atomic E-state index is 12.9. The Bertz CT molecular complexity index is 1050. The molecule has 0 spiro atoms. The first-order valence-electron chi connectivity index (χ1n) is 10.3. The first-order chi connectivity index (χ1) is 15.8. The molecule has 0 unspecified atom stereocenters. The van der Waals surface area contributed by atoms with Crippen LogP contribution in [0, 0.1) is 0 Å². The van der Waals surface area contributed by atoms with Crippen LogP contribution < -0.4 is 15.4 Å². The highest BCUT2D eigenvalue weighted by Crippen LogP contribution is 2.26. The van der Waals surface area contributed by atoms with Crippen molar-refractivity contribution in [1.82, 2.24) is 19.8 Å². The third-order valence-electron chi connectivity index (χ3n) is 4.93.